The van der Waals surface area contributed by atoms with E-state index in [4.69, 9.17) is 28.9 Å². The molecule has 0 amide bonds. The van der Waals surface area contributed by atoms with Crippen LogP contribution in [0.1, 0.15) is 29.7 Å². The van der Waals surface area contributed by atoms with Crippen molar-refractivity contribution >= 4 is 38.9 Å². The maximum atomic E-state index is 12.9. The van der Waals surface area contributed by atoms with E-state index >= 15 is 0 Å². The van der Waals surface area contributed by atoms with Crippen molar-refractivity contribution in [1.82, 2.24) is 9.78 Å². The Labute approximate surface area is 162 Å². The van der Waals surface area contributed by atoms with E-state index in [1.54, 1.807) is 6.07 Å². The Morgan fingerprint density at radius 1 is 1.30 bits per heavy atom. The van der Waals surface area contributed by atoms with Crippen molar-refractivity contribution in [2.24, 2.45) is 0 Å². The molecule has 1 aliphatic carbocycles. The smallest absolute Gasteiger partial charge is 0.383 e. The summed E-state index contributed by atoms with van der Waals surface area (Å²) < 4.78 is 62.7. The summed E-state index contributed by atoms with van der Waals surface area (Å²) in [6.07, 6.45) is -3.13. The highest BCUT2D eigenvalue weighted by Gasteiger charge is 2.57. The van der Waals surface area contributed by atoms with Gasteiger partial charge in [0.2, 0.25) is 0 Å². The molecule has 1 fully saturated rings. The molecule has 6 nitrogen and oxygen atoms in total. The highest BCUT2D eigenvalue weighted by Crippen LogP contribution is 2.55. The van der Waals surface area contributed by atoms with Gasteiger partial charge in [-0.2, -0.15) is 23.5 Å². The van der Waals surface area contributed by atoms with E-state index in [9.17, 15) is 26.9 Å². The molecule has 1 aromatic carbocycles. The van der Waals surface area contributed by atoms with Crippen molar-refractivity contribution in [3.8, 4) is 11.8 Å². The van der Waals surface area contributed by atoms with Crippen LogP contribution in [0.4, 0.5) is 19.0 Å². The van der Waals surface area contributed by atoms with E-state index in [-0.39, 0.29) is 35.6 Å². The number of anilines is 1. The molecule has 0 spiro atoms. The largest absolute Gasteiger partial charge is 0.416 e. The third-order valence-corrected chi connectivity index (χ3v) is 7.06. The van der Waals surface area contributed by atoms with E-state index in [2.05, 4.69) is 5.10 Å². The van der Waals surface area contributed by atoms with Crippen LogP contribution in [-0.2, 0) is 20.8 Å². The first-order valence-corrected chi connectivity index (χ1v) is 10.0. The zero-order valence-electron chi connectivity index (χ0n) is 13.6. The molecule has 2 aromatic rings. The third-order valence-electron chi connectivity index (χ3n) is 4.45. The van der Waals surface area contributed by atoms with Crippen molar-refractivity contribution in [2.75, 3.05) is 12.0 Å². The number of nitriles is 1. The van der Waals surface area contributed by atoms with Gasteiger partial charge in [-0.15, -0.1) is 0 Å². The van der Waals surface area contributed by atoms with Gasteiger partial charge in [-0.25, -0.2) is 13.1 Å². The van der Waals surface area contributed by atoms with Gasteiger partial charge in [0.25, 0.3) is 0 Å². The second kappa shape index (κ2) is 6.02. The maximum absolute atomic E-state index is 12.9. The van der Waals surface area contributed by atoms with E-state index in [0.29, 0.717) is 12.1 Å². The predicted octanol–water partition coefficient (Wildman–Crippen LogP) is 3.69. The molecular weight excluding hydrogens is 428 g/mol. The number of hydrogen-bond donors (Lipinski definition) is 1. The summed E-state index contributed by atoms with van der Waals surface area (Å²) in [6, 6.07) is 3.08. The Kier molecular flexibility index (Phi) is 4.41. The van der Waals surface area contributed by atoms with Crippen LogP contribution in [0.15, 0.2) is 12.1 Å². The van der Waals surface area contributed by atoms with Gasteiger partial charge in [0.05, 0.1) is 21.2 Å². The number of rotatable bonds is 3. The van der Waals surface area contributed by atoms with Crippen LogP contribution in [0.3, 0.4) is 0 Å². The van der Waals surface area contributed by atoms with Crippen molar-refractivity contribution in [2.45, 2.75) is 23.8 Å². The number of sulfone groups is 1. The lowest BCUT2D eigenvalue weighted by atomic mass is 10.1. The van der Waals surface area contributed by atoms with Gasteiger partial charge in [0.15, 0.2) is 15.5 Å². The molecule has 0 aliphatic heterocycles. The molecule has 27 heavy (non-hydrogen) atoms. The summed E-state index contributed by atoms with van der Waals surface area (Å²) in [4.78, 5) is 0. The molecule has 3 rings (SSSR count). The summed E-state index contributed by atoms with van der Waals surface area (Å²) in [5, 5.41) is 12.5. The molecule has 144 valence electrons. The number of hydrogen-bond acceptors (Lipinski definition) is 5. The second-order valence-electron chi connectivity index (χ2n) is 6.19. The first kappa shape index (κ1) is 19.8. The fraction of sp³-hybridized carbons (Fsp3) is 0.333. The van der Waals surface area contributed by atoms with Gasteiger partial charge < -0.3 is 5.73 Å². The van der Waals surface area contributed by atoms with Gasteiger partial charge in [-0.1, -0.05) is 23.2 Å². The summed E-state index contributed by atoms with van der Waals surface area (Å²) in [5.41, 5.74) is 4.57. The summed E-state index contributed by atoms with van der Waals surface area (Å²) in [5.74, 6) is -0.210. The quantitative estimate of drug-likeness (QED) is 0.786. The lowest BCUT2D eigenvalue weighted by molar-refractivity contribution is -0.137. The van der Waals surface area contributed by atoms with Gasteiger partial charge in [0, 0.05) is 6.26 Å². The minimum atomic E-state index is -4.67. The summed E-state index contributed by atoms with van der Waals surface area (Å²) in [6.45, 7) is 0. The molecule has 1 heterocycles. The van der Waals surface area contributed by atoms with Crippen LogP contribution < -0.4 is 5.73 Å². The average Bonchev–Trinajstić information content (AvgIpc) is 3.26. The molecule has 0 radical (unpaired) electrons. The highest BCUT2D eigenvalue weighted by molar-refractivity contribution is 7.92. The van der Waals surface area contributed by atoms with E-state index in [1.165, 1.54) is 0 Å². The fourth-order valence-corrected chi connectivity index (χ4v) is 5.04. The van der Waals surface area contributed by atoms with Crippen LogP contribution in [0.25, 0.3) is 5.69 Å². The normalized spacial score (nSPS) is 16.2. The Morgan fingerprint density at radius 3 is 2.19 bits per heavy atom. The van der Waals surface area contributed by atoms with Gasteiger partial charge >= 0.3 is 6.18 Å². The van der Waals surface area contributed by atoms with E-state index in [0.717, 1.165) is 10.9 Å². The molecular formula is C15H11Cl2F3N4O2S. The highest BCUT2D eigenvalue weighted by atomic mass is 35.5. The average molecular weight is 439 g/mol. The van der Waals surface area contributed by atoms with Crippen molar-refractivity contribution in [3.63, 3.8) is 0 Å². The van der Waals surface area contributed by atoms with Gasteiger partial charge in [0.1, 0.15) is 22.3 Å². The Hall–Kier alpha value is -1.96. The Balaban J connectivity index is 2.26. The lowest BCUT2D eigenvalue weighted by Gasteiger charge is -2.15. The number of alkyl halides is 3. The molecule has 12 heteroatoms. The van der Waals surface area contributed by atoms with E-state index < -0.39 is 36.4 Å². The summed E-state index contributed by atoms with van der Waals surface area (Å²) in [7, 11) is -3.61. The number of nitrogens with two attached hydrogens (primary N) is 1. The van der Waals surface area contributed by atoms with Gasteiger partial charge in [-0.3, -0.25) is 0 Å². The van der Waals surface area contributed by atoms with Gasteiger partial charge in [-0.05, 0) is 25.0 Å². The van der Waals surface area contributed by atoms with E-state index in [1.807, 2.05) is 0 Å². The number of halogens is 5. The Bertz CT molecular complexity index is 1080. The summed E-state index contributed by atoms with van der Waals surface area (Å²) >= 11 is 11.9. The third kappa shape index (κ3) is 3.03. The fourth-order valence-electron chi connectivity index (χ4n) is 2.98. The molecule has 1 saturated carbocycles. The SMILES string of the molecule is CS(=O)(=O)C1(c2c(C#N)nn(-c3c(Cl)cc(C(F)(F)F)cc3Cl)c2N)CC1. The number of nitrogen functional groups attached to an aromatic ring is 1. The number of aromatic nitrogens is 2. The van der Waals surface area contributed by atoms with Crippen molar-refractivity contribution < 1.29 is 21.6 Å². The minimum Gasteiger partial charge on any atom is -0.383 e. The molecule has 0 saturated heterocycles. The monoisotopic (exact) mass is 438 g/mol. The lowest BCUT2D eigenvalue weighted by Crippen LogP contribution is -2.21. The second-order valence-corrected chi connectivity index (χ2v) is 9.33. The predicted molar refractivity (Wildman–Crippen MR) is 93.5 cm³/mol. The molecule has 0 unspecified atom stereocenters. The van der Waals surface area contributed by atoms with Crippen LogP contribution in [-0.4, -0.2) is 24.5 Å². The maximum Gasteiger partial charge on any atom is 0.416 e. The standard InChI is InChI=1S/C15H11Cl2F3N4O2S/c1-27(25,26)14(2-3-14)11-10(6-21)23-24(13(11)22)12-8(16)4-7(5-9(12)17)15(18,19)20/h4-5H,2-3,22H2,1H3. The van der Waals surface area contributed by atoms with Crippen LogP contribution >= 0.6 is 23.2 Å². The van der Waals surface area contributed by atoms with Crippen LogP contribution in [0.5, 0.6) is 0 Å². The molecule has 0 atom stereocenters. The topological polar surface area (TPSA) is 102 Å². The number of nitrogens with zero attached hydrogens (tertiary/aromatic N) is 3. The zero-order chi connectivity index (χ0) is 20.4. The molecule has 0 bridgehead atoms. The zero-order valence-corrected chi connectivity index (χ0v) is 15.9. The molecule has 1 aliphatic rings. The minimum absolute atomic E-state index is 0.0135. The van der Waals surface area contributed by atoms with Crippen molar-refractivity contribution in [3.05, 3.63) is 39.0 Å². The van der Waals surface area contributed by atoms with Crippen LogP contribution in [0.2, 0.25) is 10.0 Å². The first-order valence-electron chi connectivity index (χ1n) is 7.39. The van der Waals surface area contributed by atoms with Crippen LogP contribution in [0, 0.1) is 11.3 Å². The first-order chi connectivity index (χ1) is 12.3. The number of benzene rings is 1. The molecule has 2 N–H and O–H groups in total. The van der Waals surface area contributed by atoms with Crippen molar-refractivity contribution in [1.29, 1.82) is 5.26 Å². The molecule has 1 aromatic heterocycles. The Morgan fingerprint density at radius 2 is 1.81 bits per heavy atom.